The van der Waals surface area contributed by atoms with E-state index in [0.717, 1.165) is 4.31 Å². The van der Waals surface area contributed by atoms with E-state index in [0.29, 0.717) is 17.3 Å². The summed E-state index contributed by atoms with van der Waals surface area (Å²) in [6.45, 7) is 3.77. The Hall–Kier alpha value is -0.990. The maximum atomic E-state index is 12.7. The Bertz CT molecular complexity index is 660. The summed E-state index contributed by atoms with van der Waals surface area (Å²) < 4.78 is 27.1. The zero-order valence-electron chi connectivity index (χ0n) is 11.8. The molecule has 1 aromatic rings. The summed E-state index contributed by atoms with van der Waals surface area (Å²) in [7, 11) is -3.89. The van der Waals surface area contributed by atoms with Crippen LogP contribution in [0.15, 0.2) is 27.8 Å². The van der Waals surface area contributed by atoms with Gasteiger partial charge in [0.2, 0.25) is 10.0 Å². The summed E-state index contributed by atoms with van der Waals surface area (Å²) in [5, 5.41) is 9.48. The summed E-state index contributed by atoms with van der Waals surface area (Å²) >= 11 is 3.18. The molecule has 8 heteroatoms. The van der Waals surface area contributed by atoms with Crippen molar-refractivity contribution < 1.29 is 18.3 Å². The molecule has 1 aromatic heterocycles. The minimum atomic E-state index is -3.89. The number of carbonyl (C=O) groups is 1. The molecule has 0 aromatic carbocycles. The standard InChI is InChI=1S/C13H17BrN2O4S/c1-13(2)4-3-5-16(11(13)12(17)18)21(19,20)10-6-9(14)7-15-8-10/h6-8,11H,3-5H2,1-2H3,(H,17,18). The lowest BCUT2D eigenvalue weighted by atomic mass is 9.77. The molecule has 0 amide bonds. The van der Waals surface area contributed by atoms with E-state index in [1.54, 1.807) is 13.8 Å². The summed E-state index contributed by atoms with van der Waals surface area (Å²) in [6, 6.07) is 0.360. The number of nitrogens with zero attached hydrogens (tertiary/aromatic N) is 2. The number of pyridine rings is 1. The highest BCUT2D eigenvalue weighted by Crippen LogP contribution is 2.38. The van der Waals surface area contributed by atoms with Crippen LogP contribution in [0.1, 0.15) is 26.7 Å². The largest absolute Gasteiger partial charge is 0.480 e. The molecule has 6 nitrogen and oxygen atoms in total. The van der Waals surface area contributed by atoms with Gasteiger partial charge in [-0.05, 0) is 40.3 Å². The highest BCUT2D eigenvalue weighted by molar-refractivity contribution is 9.10. The number of halogens is 1. The van der Waals surface area contributed by atoms with Crippen LogP contribution in [0.3, 0.4) is 0 Å². The fraction of sp³-hybridized carbons (Fsp3) is 0.538. The molecule has 1 aliphatic heterocycles. The van der Waals surface area contributed by atoms with E-state index in [9.17, 15) is 18.3 Å². The van der Waals surface area contributed by atoms with Gasteiger partial charge in [-0.3, -0.25) is 9.78 Å². The lowest BCUT2D eigenvalue weighted by molar-refractivity contribution is -0.147. The highest BCUT2D eigenvalue weighted by atomic mass is 79.9. The van der Waals surface area contributed by atoms with E-state index in [-0.39, 0.29) is 11.4 Å². The molecule has 0 spiro atoms. The van der Waals surface area contributed by atoms with Gasteiger partial charge in [-0.15, -0.1) is 0 Å². The highest BCUT2D eigenvalue weighted by Gasteiger charge is 2.47. The van der Waals surface area contributed by atoms with Crippen molar-refractivity contribution in [3.63, 3.8) is 0 Å². The van der Waals surface area contributed by atoms with Gasteiger partial charge < -0.3 is 5.11 Å². The topological polar surface area (TPSA) is 87.6 Å². The van der Waals surface area contributed by atoms with Crippen LogP contribution in [0.2, 0.25) is 0 Å². The van der Waals surface area contributed by atoms with Crippen LogP contribution >= 0.6 is 15.9 Å². The fourth-order valence-electron chi connectivity index (χ4n) is 2.73. The summed E-state index contributed by atoms with van der Waals surface area (Å²) in [4.78, 5) is 15.4. The molecule has 1 atom stereocenters. The first-order valence-electron chi connectivity index (χ1n) is 6.51. The van der Waals surface area contributed by atoms with Crippen molar-refractivity contribution in [2.45, 2.75) is 37.6 Å². The third kappa shape index (κ3) is 3.12. The second-order valence-electron chi connectivity index (χ2n) is 5.79. The van der Waals surface area contributed by atoms with Crippen molar-refractivity contribution in [3.8, 4) is 0 Å². The average molecular weight is 377 g/mol. The first kappa shape index (κ1) is 16.4. The number of hydrogen-bond donors (Lipinski definition) is 1. The zero-order chi connectivity index (χ0) is 15.8. The van der Waals surface area contributed by atoms with Gasteiger partial charge in [0.05, 0.1) is 0 Å². The molecule has 1 N–H and O–H groups in total. The summed E-state index contributed by atoms with van der Waals surface area (Å²) in [6.07, 6.45) is 4.03. The molecule has 116 valence electrons. The molecule has 0 aliphatic carbocycles. The third-order valence-electron chi connectivity index (χ3n) is 3.75. The molecule has 0 radical (unpaired) electrons. The van der Waals surface area contributed by atoms with E-state index in [4.69, 9.17) is 0 Å². The number of sulfonamides is 1. The molecule has 1 aliphatic rings. The van der Waals surface area contributed by atoms with Gasteiger partial charge in [0.25, 0.3) is 0 Å². The minimum absolute atomic E-state index is 0.000764. The van der Waals surface area contributed by atoms with Crippen molar-refractivity contribution in [3.05, 3.63) is 22.9 Å². The number of hydrogen-bond acceptors (Lipinski definition) is 4. The zero-order valence-corrected chi connectivity index (χ0v) is 14.2. The Labute approximate surface area is 132 Å². The first-order chi connectivity index (χ1) is 9.66. The summed E-state index contributed by atoms with van der Waals surface area (Å²) in [5.74, 6) is -1.12. The van der Waals surface area contributed by atoms with Gasteiger partial charge in [-0.25, -0.2) is 8.42 Å². The van der Waals surface area contributed by atoms with Gasteiger partial charge in [0.1, 0.15) is 10.9 Å². The normalized spacial score (nSPS) is 22.9. The number of aliphatic carboxylic acids is 1. The predicted molar refractivity (Wildman–Crippen MR) is 80.3 cm³/mol. The van der Waals surface area contributed by atoms with Crippen molar-refractivity contribution in [1.82, 2.24) is 9.29 Å². The molecular weight excluding hydrogens is 360 g/mol. The molecular formula is C13H17BrN2O4S. The number of carboxylic acid groups (broad SMARTS) is 1. The molecule has 1 saturated heterocycles. The molecule has 2 heterocycles. The quantitative estimate of drug-likeness (QED) is 0.872. The summed E-state index contributed by atoms with van der Waals surface area (Å²) in [5.41, 5.74) is -0.614. The lowest BCUT2D eigenvalue weighted by Gasteiger charge is -2.42. The second-order valence-corrected chi connectivity index (χ2v) is 8.59. The monoisotopic (exact) mass is 376 g/mol. The molecule has 0 saturated carbocycles. The van der Waals surface area contributed by atoms with E-state index < -0.39 is 27.4 Å². The minimum Gasteiger partial charge on any atom is -0.480 e. The second kappa shape index (κ2) is 5.66. The lowest BCUT2D eigenvalue weighted by Crippen LogP contribution is -2.56. The van der Waals surface area contributed by atoms with Gasteiger partial charge in [-0.1, -0.05) is 13.8 Å². The van der Waals surface area contributed by atoms with Gasteiger partial charge in [-0.2, -0.15) is 4.31 Å². The van der Waals surface area contributed by atoms with Crippen LogP contribution in [-0.2, 0) is 14.8 Å². The molecule has 1 unspecified atom stereocenters. The number of piperidine rings is 1. The Balaban J connectivity index is 2.49. The van der Waals surface area contributed by atoms with E-state index >= 15 is 0 Å². The smallest absolute Gasteiger partial charge is 0.322 e. The number of rotatable bonds is 3. The molecule has 21 heavy (non-hydrogen) atoms. The SMILES string of the molecule is CC1(C)CCCN(S(=O)(=O)c2cncc(Br)c2)C1C(=O)O. The predicted octanol–water partition coefficient (Wildman–Crippen LogP) is 2.11. The van der Waals surface area contributed by atoms with E-state index in [1.807, 2.05) is 0 Å². The Morgan fingerprint density at radius 1 is 1.48 bits per heavy atom. The number of carboxylic acids is 1. The maximum absolute atomic E-state index is 12.7. The van der Waals surface area contributed by atoms with Crippen LogP contribution in [-0.4, -0.2) is 41.4 Å². The van der Waals surface area contributed by atoms with Crippen molar-refractivity contribution >= 4 is 31.9 Å². The average Bonchev–Trinajstić information content (AvgIpc) is 2.36. The van der Waals surface area contributed by atoms with Gasteiger partial charge in [0.15, 0.2) is 0 Å². The Kier molecular flexibility index (Phi) is 4.41. The number of aromatic nitrogens is 1. The molecule has 1 fully saturated rings. The van der Waals surface area contributed by atoms with Crippen molar-refractivity contribution in [2.75, 3.05) is 6.54 Å². The molecule has 2 rings (SSSR count). The van der Waals surface area contributed by atoms with E-state index in [1.165, 1.54) is 18.5 Å². The van der Waals surface area contributed by atoms with E-state index in [2.05, 4.69) is 20.9 Å². The third-order valence-corrected chi connectivity index (χ3v) is 6.01. The van der Waals surface area contributed by atoms with Crippen molar-refractivity contribution in [2.24, 2.45) is 5.41 Å². The molecule has 0 bridgehead atoms. The fourth-order valence-corrected chi connectivity index (χ4v) is 5.01. The van der Waals surface area contributed by atoms with Crippen LogP contribution in [0.25, 0.3) is 0 Å². The Morgan fingerprint density at radius 3 is 2.71 bits per heavy atom. The first-order valence-corrected chi connectivity index (χ1v) is 8.75. The van der Waals surface area contributed by atoms with Gasteiger partial charge >= 0.3 is 5.97 Å². The Morgan fingerprint density at radius 2 is 2.14 bits per heavy atom. The van der Waals surface area contributed by atoms with Crippen molar-refractivity contribution in [1.29, 1.82) is 0 Å². The van der Waals surface area contributed by atoms with Gasteiger partial charge in [0, 0.05) is 23.4 Å². The van der Waals surface area contributed by atoms with Crippen LogP contribution in [0.5, 0.6) is 0 Å². The van der Waals surface area contributed by atoms with Crippen LogP contribution < -0.4 is 0 Å². The maximum Gasteiger partial charge on any atom is 0.322 e. The van der Waals surface area contributed by atoms with Crippen LogP contribution in [0.4, 0.5) is 0 Å². The van der Waals surface area contributed by atoms with Crippen LogP contribution in [0, 0.1) is 5.41 Å².